The second kappa shape index (κ2) is 5.82. The van der Waals surface area contributed by atoms with Crippen molar-refractivity contribution in [2.75, 3.05) is 32.7 Å². The number of carbonyl (C=O) groups excluding carboxylic acids is 1. The van der Waals surface area contributed by atoms with Crippen molar-refractivity contribution in [3.05, 3.63) is 18.7 Å². The van der Waals surface area contributed by atoms with E-state index in [1.165, 1.54) is 6.42 Å². The van der Waals surface area contributed by atoms with Crippen LogP contribution in [0.1, 0.15) is 13.3 Å². The molecular formula is C12H20N4O. The third-order valence-electron chi connectivity index (χ3n) is 3.14. The molecule has 5 nitrogen and oxygen atoms in total. The van der Waals surface area contributed by atoms with E-state index in [4.69, 9.17) is 0 Å². The Morgan fingerprint density at radius 2 is 2.06 bits per heavy atom. The largest absolute Gasteiger partial charge is 0.339 e. The van der Waals surface area contributed by atoms with Crippen molar-refractivity contribution in [1.29, 1.82) is 0 Å². The summed E-state index contributed by atoms with van der Waals surface area (Å²) in [6.45, 7) is 7.46. The second-order valence-electron chi connectivity index (χ2n) is 4.46. The molecule has 1 fully saturated rings. The molecule has 0 spiro atoms. The third-order valence-corrected chi connectivity index (χ3v) is 3.14. The van der Waals surface area contributed by atoms with Crippen LogP contribution in [0.25, 0.3) is 0 Å². The van der Waals surface area contributed by atoms with Gasteiger partial charge >= 0.3 is 0 Å². The first kappa shape index (κ1) is 12.1. The second-order valence-corrected chi connectivity index (χ2v) is 4.46. The van der Waals surface area contributed by atoms with Gasteiger partial charge in [0.25, 0.3) is 0 Å². The molecule has 1 aliphatic rings. The number of imidazole rings is 1. The van der Waals surface area contributed by atoms with Crippen LogP contribution in [-0.2, 0) is 11.3 Å². The van der Waals surface area contributed by atoms with Crippen LogP contribution in [0.3, 0.4) is 0 Å². The first-order valence-electron chi connectivity index (χ1n) is 6.25. The van der Waals surface area contributed by atoms with Gasteiger partial charge in [-0.25, -0.2) is 4.98 Å². The minimum absolute atomic E-state index is 0.194. The third kappa shape index (κ3) is 3.30. The van der Waals surface area contributed by atoms with Gasteiger partial charge < -0.3 is 9.47 Å². The Bertz CT molecular complexity index is 341. The van der Waals surface area contributed by atoms with E-state index in [-0.39, 0.29) is 5.91 Å². The Hall–Kier alpha value is -1.36. The summed E-state index contributed by atoms with van der Waals surface area (Å²) >= 11 is 0. The van der Waals surface area contributed by atoms with Crippen LogP contribution < -0.4 is 0 Å². The fourth-order valence-electron chi connectivity index (χ4n) is 2.17. The number of aromatic nitrogens is 2. The van der Waals surface area contributed by atoms with Gasteiger partial charge in [-0.1, -0.05) is 6.92 Å². The lowest BCUT2D eigenvalue weighted by molar-refractivity contribution is -0.133. The number of rotatable bonds is 4. The predicted octanol–water partition coefficient (Wildman–Crippen LogP) is 0.437. The fourth-order valence-corrected chi connectivity index (χ4v) is 2.17. The number of nitrogens with zero attached hydrogens (tertiary/aromatic N) is 4. The molecule has 0 saturated carbocycles. The number of hydrogen-bond donors (Lipinski definition) is 0. The minimum atomic E-state index is 0.194. The monoisotopic (exact) mass is 236 g/mol. The quantitative estimate of drug-likeness (QED) is 0.761. The molecule has 5 heteroatoms. The molecule has 1 aromatic rings. The van der Waals surface area contributed by atoms with E-state index in [1.54, 1.807) is 12.5 Å². The zero-order valence-corrected chi connectivity index (χ0v) is 10.4. The molecule has 0 radical (unpaired) electrons. The molecule has 1 aliphatic heterocycles. The van der Waals surface area contributed by atoms with Crippen LogP contribution >= 0.6 is 0 Å². The maximum Gasteiger partial charge on any atom is 0.242 e. The molecule has 0 aliphatic carbocycles. The van der Waals surface area contributed by atoms with Crippen molar-refractivity contribution in [3.63, 3.8) is 0 Å². The molecule has 2 heterocycles. The predicted molar refractivity (Wildman–Crippen MR) is 65.5 cm³/mol. The van der Waals surface area contributed by atoms with Gasteiger partial charge in [0.1, 0.15) is 6.54 Å². The van der Waals surface area contributed by atoms with Gasteiger partial charge in [-0.05, 0) is 13.0 Å². The average Bonchev–Trinajstić information content (AvgIpc) is 2.83. The lowest BCUT2D eigenvalue weighted by Crippen LogP contribution is -2.49. The standard InChI is InChI=1S/C12H20N4O/c1-2-4-14-6-8-16(9-7-14)12(17)10-15-5-3-13-11-15/h3,5,11H,2,4,6-10H2,1H3. The van der Waals surface area contributed by atoms with Gasteiger partial charge in [0.2, 0.25) is 5.91 Å². The van der Waals surface area contributed by atoms with E-state index in [1.807, 2.05) is 15.7 Å². The molecule has 1 saturated heterocycles. The summed E-state index contributed by atoms with van der Waals surface area (Å²) in [5.41, 5.74) is 0. The van der Waals surface area contributed by atoms with Gasteiger partial charge in [0, 0.05) is 38.6 Å². The lowest BCUT2D eigenvalue weighted by Gasteiger charge is -2.34. The van der Waals surface area contributed by atoms with Crippen LogP contribution in [0.5, 0.6) is 0 Å². The van der Waals surface area contributed by atoms with Gasteiger partial charge in [0.05, 0.1) is 6.33 Å². The SMILES string of the molecule is CCCN1CCN(C(=O)Cn2ccnc2)CC1. The highest BCUT2D eigenvalue weighted by molar-refractivity contribution is 5.76. The van der Waals surface area contributed by atoms with Crippen molar-refractivity contribution in [3.8, 4) is 0 Å². The van der Waals surface area contributed by atoms with Gasteiger partial charge in [0.15, 0.2) is 0 Å². The maximum absolute atomic E-state index is 12.0. The number of hydrogen-bond acceptors (Lipinski definition) is 3. The molecule has 0 unspecified atom stereocenters. The number of carbonyl (C=O) groups is 1. The molecule has 0 aromatic carbocycles. The van der Waals surface area contributed by atoms with E-state index in [0.29, 0.717) is 6.54 Å². The first-order valence-corrected chi connectivity index (χ1v) is 6.25. The summed E-state index contributed by atoms with van der Waals surface area (Å²) in [5.74, 6) is 0.194. The lowest BCUT2D eigenvalue weighted by atomic mass is 10.3. The normalized spacial score (nSPS) is 17.4. The summed E-state index contributed by atoms with van der Waals surface area (Å²) in [5, 5.41) is 0. The molecule has 1 aromatic heterocycles. The zero-order chi connectivity index (χ0) is 12.1. The van der Waals surface area contributed by atoms with E-state index in [2.05, 4.69) is 16.8 Å². The maximum atomic E-state index is 12.0. The van der Waals surface area contributed by atoms with Crippen LogP contribution in [-0.4, -0.2) is 58.0 Å². The highest BCUT2D eigenvalue weighted by Gasteiger charge is 2.20. The van der Waals surface area contributed by atoms with Gasteiger partial charge in [-0.15, -0.1) is 0 Å². The van der Waals surface area contributed by atoms with E-state index < -0.39 is 0 Å². The Morgan fingerprint density at radius 3 is 2.65 bits per heavy atom. The van der Waals surface area contributed by atoms with Crippen LogP contribution in [0.15, 0.2) is 18.7 Å². The number of amides is 1. The van der Waals surface area contributed by atoms with Gasteiger partial charge in [-0.3, -0.25) is 9.69 Å². The van der Waals surface area contributed by atoms with Gasteiger partial charge in [-0.2, -0.15) is 0 Å². The fraction of sp³-hybridized carbons (Fsp3) is 0.667. The summed E-state index contributed by atoms with van der Waals surface area (Å²) in [7, 11) is 0. The molecule has 0 atom stereocenters. The number of piperazine rings is 1. The Morgan fingerprint density at radius 1 is 1.29 bits per heavy atom. The Labute approximate surface area is 102 Å². The minimum Gasteiger partial charge on any atom is -0.339 e. The molecule has 94 valence electrons. The topological polar surface area (TPSA) is 41.4 Å². The summed E-state index contributed by atoms with van der Waals surface area (Å²) in [6, 6.07) is 0. The van der Waals surface area contributed by atoms with Crippen molar-refractivity contribution in [1.82, 2.24) is 19.4 Å². The molecule has 0 N–H and O–H groups in total. The summed E-state index contributed by atoms with van der Waals surface area (Å²) in [4.78, 5) is 20.3. The molecule has 2 rings (SSSR count). The average molecular weight is 236 g/mol. The summed E-state index contributed by atoms with van der Waals surface area (Å²) < 4.78 is 1.82. The molecule has 17 heavy (non-hydrogen) atoms. The van der Waals surface area contributed by atoms with Crippen LogP contribution in [0.4, 0.5) is 0 Å². The Kier molecular flexibility index (Phi) is 4.14. The highest BCUT2D eigenvalue weighted by atomic mass is 16.2. The van der Waals surface area contributed by atoms with E-state index in [9.17, 15) is 4.79 Å². The van der Waals surface area contributed by atoms with E-state index in [0.717, 1.165) is 32.7 Å². The Balaban J connectivity index is 1.78. The first-order chi connectivity index (χ1) is 8.29. The molecule has 1 amide bonds. The molecular weight excluding hydrogens is 216 g/mol. The van der Waals surface area contributed by atoms with Crippen molar-refractivity contribution < 1.29 is 4.79 Å². The van der Waals surface area contributed by atoms with Crippen molar-refractivity contribution in [2.24, 2.45) is 0 Å². The van der Waals surface area contributed by atoms with E-state index >= 15 is 0 Å². The van der Waals surface area contributed by atoms with Crippen LogP contribution in [0.2, 0.25) is 0 Å². The van der Waals surface area contributed by atoms with Crippen LogP contribution in [0, 0.1) is 0 Å². The molecule has 0 bridgehead atoms. The zero-order valence-electron chi connectivity index (χ0n) is 10.4. The smallest absolute Gasteiger partial charge is 0.242 e. The van der Waals surface area contributed by atoms with Crippen molar-refractivity contribution in [2.45, 2.75) is 19.9 Å². The summed E-state index contributed by atoms with van der Waals surface area (Å²) in [6.07, 6.45) is 6.39. The highest BCUT2D eigenvalue weighted by Crippen LogP contribution is 2.04. The van der Waals surface area contributed by atoms with Crippen molar-refractivity contribution >= 4 is 5.91 Å².